The van der Waals surface area contributed by atoms with Crippen LogP contribution in [0.4, 0.5) is 11.4 Å². The van der Waals surface area contributed by atoms with E-state index in [1.54, 1.807) is 48.5 Å². The van der Waals surface area contributed by atoms with Crippen LogP contribution in [0.5, 0.6) is 0 Å². The van der Waals surface area contributed by atoms with Gasteiger partial charge in [-0.1, -0.05) is 61.7 Å². The van der Waals surface area contributed by atoms with Crippen molar-refractivity contribution in [2.45, 2.75) is 20.1 Å². The van der Waals surface area contributed by atoms with Gasteiger partial charge in [0.05, 0.1) is 22.5 Å². The van der Waals surface area contributed by atoms with Crippen molar-refractivity contribution in [1.82, 2.24) is 40.4 Å². The van der Waals surface area contributed by atoms with Crippen LogP contribution in [0.3, 0.4) is 0 Å². The minimum absolute atomic E-state index is 0. The van der Waals surface area contributed by atoms with Gasteiger partial charge in [-0.05, 0) is 71.1 Å². The predicted octanol–water partition coefficient (Wildman–Crippen LogP) is 0.954. The second-order valence-electron chi connectivity index (χ2n) is 9.71. The summed E-state index contributed by atoms with van der Waals surface area (Å²) in [5.41, 5.74) is 1.46. The van der Waals surface area contributed by atoms with E-state index < -0.39 is 41.8 Å². The molecular formula is C28H25K3N10O8S4. The molecule has 262 valence electrons. The monoisotopic (exact) mass is 874 g/mol. The van der Waals surface area contributed by atoms with Crippen LogP contribution >= 0.6 is 25.3 Å². The Balaban J connectivity index is 0.000000347. The second-order valence-corrected chi connectivity index (χ2v) is 13.3. The van der Waals surface area contributed by atoms with E-state index in [4.69, 9.17) is 0 Å². The Hall–Kier alpha value is -0.611. The van der Waals surface area contributed by atoms with Crippen LogP contribution in [-0.4, -0.2) is 232 Å². The van der Waals surface area contributed by atoms with Gasteiger partial charge in [-0.25, -0.2) is 0 Å². The Bertz CT molecular complexity index is 2280. The summed E-state index contributed by atoms with van der Waals surface area (Å²) in [5, 5.41) is 28.2. The second kappa shape index (κ2) is 21.8. The first-order valence-corrected chi connectivity index (χ1v) is 17.4. The maximum absolute atomic E-state index is 12.4. The average molecular weight is 875 g/mol. The fourth-order valence-electron chi connectivity index (χ4n) is 4.20. The van der Waals surface area contributed by atoms with Crippen LogP contribution in [0.15, 0.2) is 117 Å². The van der Waals surface area contributed by atoms with E-state index in [0.29, 0.717) is 22.7 Å². The van der Waals surface area contributed by atoms with Crippen LogP contribution in [0, 0.1) is 0 Å². The van der Waals surface area contributed by atoms with Crippen molar-refractivity contribution in [2.24, 2.45) is 0 Å². The van der Waals surface area contributed by atoms with Gasteiger partial charge in [-0.3, -0.25) is 18.7 Å². The molecule has 4 N–H and O–H groups in total. The third-order valence-corrected chi connectivity index (χ3v) is 8.48. The van der Waals surface area contributed by atoms with Crippen LogP contribution in [0.2, 0.25) is 0 Å². The van der Waals surface area contributed by atoms with Gasteiger partial charge in [-0.15, -0.1) is 30.0 Å². The summed E-state index contributed by atoms with van der Waals surface area (Å²) >= 11 is 7.93. The molecule has 0 atom stereocenters. The van der Waals surface area contributed by atoms with E-state index in [0.717, 1.165) is 12.1 Å². The molecule has 0 saturated carbocycles. The van der Waals surface area contributed by atoms with E-state index in [2.05, 4.69) is 66.7 Å². The van der Waals surface area contributed by atoms with Crippen LogP contribution in [0.1, 0.15) is 20.7 Å². The molecule has 0 saturated heterocycles. The number of amides is 2. The minimum atomic E-state index is -4.52. The molecular weight excluding hydrogens is 850 g/mol. The maximum atomic E-state index is 12.4. The number of nitrogens with zero attached hydrogens (tertiary/aromatic N) is 8. The molecule has 6 aromatic rings. The molecule has 2 amide bonds. The molecule has 0 bridgehead atoms. The molecule has 25 heteroatoms. The summed E-state index contributed by atoms with van der Waals surface area (Å²) in [6, 6.07) is 23.7. The summed E-state index contributed by atoms with van der Waals surface area (Å²) in [7, 11) is -9.04. The Morgan fingerprint density at radius 1 is 0.566 bits per heavy atom. The molecule has 0 radical (unpaired) electrons. The average Bonchev–Trinajstić information content (AvgIpc) is 3.72. The Kier molecular flexibility index (Phi) is 20.0. The van der Waals surface area contributed by atoms with Gasteiger partial charge >= 0.3 is 154 Å². The quantitative estimate of drug-likeness (QED) is 0.0708. The summed E-state index contributed by atoms with van der Waals surface area (Å²) < 4.78 is 64.1. The molecule has 0 aliphatic rings. The van der Waals surface area contributed by atoms with Gasteiger partial charge in [0, 0.05) is 11.4 Å². The molecule has 0 fully saturated rings. The first-order chi connectivity index (χ1) is 23.7. The number of thiol groups is 2. The van der Waals surface area contributed by atoms with Crippen molar-refractivity contribution in [2.75, 3.05) is 10.6 Å². The van der Waals surface area contributed by atoms with Crippen LogP contribution < -0.4 is 10.6 Å². The molecule has 0 aliphatic heterocycles. The van der Waals surface area contributed by atoms with Crippen molar-refractivity contribution < 1.29 is 35.5 Å². The molecule has 4 aromatic carbocycles. The van der Waals surface area contributed by atoms with Crippen LogP contribution in [-0.2, 0) is 20.2 Å². The summed E-state index contributed by atoms with van der Waals surface area (Å²) in [5.74, 6) is -1.38. The Morgan fingerprint density at radius 3 is 1.25 bits per heavy atom. The van der Waals surface area contributed by atoms with E-state index in [1.807, 2.05) is 0 Å². The third kappa shape index (κ3) is 13.8. The Morgan fingerprint density at radius 2 is 0.925 bits per heavy atom. The van der Waals surface area contributed by atoms with Gasteiger partial charge in [-0.2, -0.15) is 16.8 Å². The number of aromatic nitrogens is 8. The van der Waals surface area contributed by atoms with Crippen molar-refractivity contribution in [1.29, 1.82) is 0 Å². The van der Waals surface area contributed by atoms with Crippen molar-refractivity contribution in [3.63, 3.8) is 0 Å². The molecule has 2 aromatic heterocycles. The molecule has 0 aliphatic carbocycles. The molecule has 18 nitrogen and oxygen atoms in total. The van der Waals surface area contributed by atoms with Gasteiger partial charge < -0.3 is 10.6 Å². The number of rotatable bonds is 8. The van der Waals surface area contributed by atoms with Gasteiger partial charge in [0.25, 0.3) is 32.1 Å². The number of hydrogen-bond donors (Lipinski definition) is 6. The van der Waals surface area contributed by atoms with Crippen molar-refractivity contribution in [3.05, 3.63) is 108 Å². The standard InChI is InChI=1S/2C14H11N5O4S2.3K.3H/c2*20-13(11-6-1-2-7-12(11)25(21,22)23)15-9-4-3-5-10(8-9)19-17-14(24)16-18-19;;;;;;/h2*1-8H,(H,15,20)(H,17,24)(H,21,22,23);;;;;;. The zero-order valence-corrected chi connectivity index (χ0v) is 28.3. The summed E-state index contributed by atoms with van der Waals surface area (Å²) in [6.07, 6.45) is 0. The number of nitrogens with one attached hydrogen (secondary N) is 2. The van der Waals surface area contributed by atoms with Gasteiger partial charge in [0.1, 0.15) is 9.79 Å². The van der Waals surface area contributed by atoms with E-state index in [9.17, 15) is 35.5 Å². The Labute approximate surface area is 440 Å². The summed E-state index contributed by atoms with van der Waals surface area (Å²) in [6.45, 7) is 0. The predicted molar refractivity (Wildman–Crippen MR) is 203 cm³/mol. The van der Waals surface area contributed by atoms with Gasteiger partial charge in [0.15, 0.2) is 0 Å². The molecule has 0 spiro atoms. The number of carbonyl (C=O) groups is 2. The fourth-order valence-corrected chi connectivity index (χ4v) is 5.83. The topological polar surface area (TPSA) is 254 Å². The van der Waals surface area contributed by atoms with Crippen molar-refractivity contribution in [3.8, 4) is 11.4 Å². The summed E-state index contributed by atoms with van der Waals surface area (Å²) in [4.78, 5) is 26.3. The first-order valence-electron chi connectivity index (χ1n) is 13.6. The number of anilines is 2. The number of hydrogen-bond acceptors (Lipinski definition) is 14. The third-order valence-electron chi connectivity index (χ3n) is 6.30. The fraction of sp³-hybridized carbons (Fsp3) is 0. The zero-order chi connectivity index (χ0) is 36.1. The van der Waals surface area contributed by atoms with Crippen LogP contribution in [0.25, 0.3) is 11.4 Å². The van der Waals surface area contributed by atoms with E-state index >= 15 is 0 Å². The van der Waals surface area contributed by atoms with E-state index in [1.165, 1.54) is 46.0 Å². The molecule has 6 rings (SSSR count). The molecule has 53 heavy (non-hydrogen) atoms. The first kappa shape index (κ1) is 48.5. The van der Waals surface area contributed by atoms with E-state index in [-0.39, 0.29) is 176 Å². The normalized spacial score (nSPS) is 10.6. The van der Waals surface area contributed by atoms with Crippen molar-refractivity contribution >= 4 is 223 Å². The van der Waals surface area contributed by atoms with Gasteiger partial charge in [0.2, 0.25) is 10.3 Å². The number of benzene rings is 4. The SMILES string of the molecule is O=C(Nc1cccc(-n2nnc(S)n2)c1)c1ccccc1S(=O)(=O)O.O=C(Nc1cccc(-n2nnc(S)n2)c1)c1ccccc1S(=O)(=O)O.[KH].[KH].[KH]. The zero-order valence-electron chi connectivity index (χ0n) is 24.9. The molecule has 0 unspecified atom stereocenters. The number of carbonyl (C=O) groups excluding carboxylic acids is 2. The molecule has 2 heterocycles. The number of tetrazole rings is 2.